The molecule has 0 aliphatic carbocycles. The molecule has 2 rings (SSSR count). The van der Waals surface area contributed by atoms with E-state index in [1.165, 1.54) is 36.3 Å². The molecule has 1 unspecified atom stereocenters. The zero-order valence-corrected chi connectivity index (χ0v) is 14.2. The second-order valence-electron chi connectivity index (χ2n) is 6.01. The molecule has 3 nitrogen and oxygen atoms in total. The van der Waals surface area contributed by atoms with E-state index in [0.717, 1.165) is 32.2 Å². The van der Waals surface area contributed by atoms with Crippen molar-refractivity contribution in [3.8, 4) is 0 Å². The third kappa shape index (κ3) is 3.98. The van der Waals surface area contributed by atoms with E-state index in [0.29, 0.717) is 0 Å². The van der Waals surface area contributed by atoms with Crippen molar-refractivity contribution in [1.82, 2.24) is 10.2 Å². The minimum absolute atomic E-state index is 0.723. The fraction of sp³-hybridized carbons (Fsp3) is 0.667. The van der Waals surface area contributed by atoms with Gasteiger partial charge in [0.15, 0.2) is 0 Å². The number of nitrogens with one attached hydrogen (secondary N) is 1. The van der Waals surface area contributed by atoms with Crippen molar-refractivity contribution in [1.29, 1.82) is 0 Å². The number of benzene rings is 1. The molecular weight excluding hydrogens is 258 g/mol. The van der Waals surface area contributed by atoms with Gasteiger partial charge in [0.2, 0.25) is 0 Å². The molecule has 21 heavy (non-hydrogen) atoms. The molecular formula is C18H31N3. The summed E-state index contributed by atoms with van der Waals surface area (Å²) in [7, 11) is 0. The molecule has 1 aliphatic rings. The lowest BCUT2D eigenvalue weighted by atomic mass is 10.1. The summed E-state index contributed by atoms with van der Waals surface area (Å²) in [6, 6.07) is 7.64. The lowest BCUT2D eigenvalue weighted by molar-refractivity contribution is 0.232. The van der Waals surface area contributed by atoms with E-state index in [2.05, 4.69) is 61.0 Å². The SMILES string of the molecule is CCNCc1ccc(N2CCC(N(CC)CC)C2)c(C)c1. The number of hydrogen-bond acceptors (Lipinski definition) is 3. The predicted molar refractivity (Wildman–Crippen MR) is 92.1 cm³/mol. The number of rotatable bonds is 7. The first kappa shape index (κ1) is 16.3. The first-order valence-corrected chi connectivity index (χ1v) is 8.48. The molecule has 1 N–H and O–H groups in total. The summed E-state index contributed by atoms with van der Waals surface area (Å²) in [5.41, 5.74) is 4.22. The zero-order valence-electron chi connectivity index (χ0n) is 14.2. The van der Waals surface area contributed by atoms with Crippen molar-refractivity contribution in [2.75, 3.05) is 37.6 Å². The highest BCUT2D eigenvalue weighted by Crippen LogP contribution is 2.27. The number of hydrogen-bond donors (Lipinski definition) is 1. The van der Waals surface area contributed by atoms with Gasteiger partial charge in [0.25, 0.3) is 0 Å². The van der Waals surface area contributed by atoms with Crippen LogP contribution in [-0.2, 0) is 6.54 Å². The van der Waals surface area contributed by atoms with Crippen LogP contribution in [0.1, 0.15) is 38.3 Å². The minimum Gasteiger partial charge on any atom is -0.370 e. The van der Waals surface area contributed by atoms with Crippen LogP contribution in [0, 0.1) is 6.92 Å². The van der Waals surface area contributed by atoms with Gasteiger partial charge in [-0.05, 0) is 50.2 Å². The van der Waals surface area contributed by atoms with Crippen LogP contribution in [0.2, 0.25) is 0 Å². The molecule has 1 atom stereocenters. The molecule has 1 aliphatic heterocycles. The smallest absolute Gasteiger partial charge is 0.0396 e. The summed E-state index contributed by atoms with van der Waals surface area (Å²) in [6.45, 7) is 15.6. The third-order valence-corrected chi connectivity index (χ3v) is 4.67. The van der Waals surface area contributed by atoms with E-state index in [9.17, 15) is 0 Å². The average Bonchev–Trinajstić information content (AvgIpc) is 2.96. The van der Waals surface area contributed by atoms with Gasteiger partial charge >= 0.3 is 0 Å². The van der Waals surface area contributed by atoms with Crippen molar-refractivity contribution >= 4 is 5.69 Å². The second-order valence-corrected chi connectivity index (χ2v) is 6.01. The molecule has 0 saturated carbocycles. The predicted octanol–water partition coefficient (Wildman–Crippen LogP) is 3.03. The van der Waals surface area contributed by atoms with Crippen molar-refractivity contribution in [2.24, 2.45) is 0 Å². The highest BCUT2D eigenvalue weighted by atomic mass is 15.2. The fourth-order valence-electron chi connectivity index (χ4n) is 3.45. The van der Waals surface area contributed by atoms with Crippen molar-refractivity contribution in [3.63, 3.8) is 0 Å². The molecule has 3 heteroatoms. The van der Waals surface area contributed by atoms with Gasteiger partial charge in [-0.2, -0.15) is 0 Å². The second kappa shape index (κ2) is 7.81. The van der Waals surface area contributed by atoms with Crippen LogP contribution >= 0.6 is 0 Å². The van der Waals surface area contributed by atoms with Gasteiger partial charge in [-0.25, -0.2) is 0 Å². The van der Waals surface area contributed by atoms with Crippen LogP contribution < -0.4 is 10.2 Å². The summed E-state index contributed by atoms with van der Waals surface area (Å²) < 4.78 is 0. The van der Waals surface area contributed by atoms with Gasteiger partial charge in [-0.15, -0.1) is 0 Å². The molecule has 0 bridgehead atoms. The largest absolute Gasteiger partial charge is 0.370 e. The Morgan fingerprint density at radius 1 is 1.24 bits per heavy atom. The molecule has 118 valence electrons. The summed E-state index contributed by atoms with van der Waals surface area (Å²) in [5.74, 6) is 0. The lowest BCUT2D eigenvalue weighted by Crippen LogP contribution is -2.37. The maximum Gasteiger partial charge on any atom is 0.0396 e. The number of aryl methyl sites for hydroxylation is 1. The van der Waals surface area contributed by atoms with E-state index < -0.39 is 0 Å². The molecule has 0 spiro atoms. The highest BCUT2D eigenvalue weighted by molar-refractivity contribution is 5.55. The summed E-state index contributed by atoms with van der Waals surface area (Å²) >= 11 is 0. The minimum atomic E-state index is 0.723. The van der Waals surface area contributed by atoms with Gasteiger partial charge in [0.1, 0.15) is 0 Å². The Morgan fingerprint density at radius 3 is 2.62 bits per heavy atom. The van der Waals surface area contributed by atoms with E-state index >= 15 is 0 Å². The molecule has 1 fully saturated rings. The van der Waals surface area contributed by atoms with Crippen LogP contribution in [0.4, 0.5) is 5.69 Å². The first-order chi connectivity index (χ1) is 10.2. The highest BCUT2D eigenvalue weighted by Gasteiger charge is 2.26. The Morgan fingerprint density at radius 2 is 2.00 bits per heavy atom. The first-order valence-electron chi connectivity index (χ1n) is 8.48. The van der Waals surface area contributed by atoms with Gasteiger partial charge in [0.05, 0.1) is 0 Å². The van der Waals surface area contributed by atoms with Crippen LogP contribution in [0.25, 0.3) is 0 Å². The topological polar surface area (TPSA) is 18.5 Å². The molecule has 1 heterocycles. The Balaban J connectivity index is 2.02. The average molecular weight is 289 g/mol. The summed E-state index contributed by atoms with van der Waals surface area (Å²) in [6.07, 6.45) is 1.29. The van der Waals surface area contributed by atoms with Crippen LogP contribution in [0.3, 0.4) is 0 Å². The van der Waals surface area contributed by atoms with Gasteiger partial charge in [0, 0.05) is 31.4 Å². The van der Waals surface area contributed by atoms with Crippen LogP contribution in [0.5, 0.6) is 0 Å². The molecule has 1 aromatic carbocycles. The van der Waals surface area contributed by atoms with E-state index in [-0.39, 0.29) is 0 Å². The third-order valence-electron chi connectivity index (χ3n) is 4.67. The lowest BCUT2D eigenvalue weighted by Gasteiger charge is -2.27. The fourth-order valence-corrected chi connectivity index (χ4v) is 3.45. The number of anilines is 1. The Hall–Kier alpha value is -1.06. The Labute approximate surface area is 130 Å². The Kier molecular flexibility index (Phi) is 6.07. The molecule has 0 aromatic heterocycles. The van der Waals surface area contributed by atoms with Crippen LogP contribution in [-0.4, -0.2) is 43.7 Å². The molecule has 0 amide bonds. The Bertz CT molecular complexity index is 440. The molecule has 0 radical (unpaired) electrons. The summed E-state index contributed by atoms with van der Waals surface area (Å²) in [5, 5.41) is 3.40. The zero-order chi connectivity index (χ0) is 15.2. The van der Waals surface area contributed by atoms with Crippen LogP contribution in [0.15, 0.2) is 18.2 Å². The van der Waals surface area contributed by atoms with Crippen molar-refractivity contribution < 1.29 is 0 Å². The maximum absolute atomic E-state index is 3.40. The van der Waals surface area contributed by atoms with Gasteiger partial charge < -0.3 is 10.2 Å². The number of likely N-dealkylation sites (N-methyl/N-ethyl adjacent to an activating group) is 1. The monoisotopic (exact) mass is 289 g/mol. The van der Waals surface area contributed by atoms with E-state index in [1.54, 1.807) is 0 Å². The summed E-state index contributed by atoms with van der Waals surface area (Å²) in [4.78, 5) is 5.16. The maximum atomic E-state index is 3.40. The van der Waals surface area contributed by atoms with E-state index in [4.69, 9.17) is 0 Å². The quantitative estimate of drug-likeness (QED) is 0.832. The van der Waals surface area contributed by atoms with Gasteiger partial charge in [-0.1, -0.05) is 32.9 Å². The molecule has 1 aromatic rings. The van der Waals surface area contributed by atoms with Crippen molar-refractivity contribution in [3.05, 3.63) is 29.3 Å². The molecule has 1 saturated heterocycles. The van der Waals surface area contributed by atoms with E-state index in [1.807, 2.05) is 0 Å². The number of nitrogens with zero attached hydrogens (tertiary/aromatic N) is 2. The van der Waals surface area contributed by atoms with Gasteiger partial charge in [-0.3, -0.25) is 4.90 Å². The standard InChI is InChI=1S/C18H31N3/c1-5-19-13-16-8-9-18(15(4)12-16)21-11-10-17(14-21)20(6-2)7-3/h8-9,12,17,19H,5-7,10-11,13-14H2,1-4H3. The normalized spacial score (nSPS) is 18.7. The van der Waals surface area contributed by atoms with Crippen molar-refractivity contribution in [2.45, 2.75) is 46.7 Å².